The number of alkyl halides is 3. The molecule has 0 unspecified atom stereocenters. The van der Waals surface area contributed by atoms with Crippen LogP contribution in [-0.4, -0.2) is 48.1 Å². The SMILES string of the molecule is CC(C)(C)OC=O.O=[N+]([O-])c1cc(C(F)(F)F)ccc1CN1CCNCC1. The number of halogens is 3. The van der Waals surface area contributed by atoms with Crippen LogP contribution >= 0.6 is 0 Å². The fraction of sp³-hybridized carbons (Fsp3) is 0.588. The normalized spacial score (nSPS) is 15.5. The third kappa shape index (κ3) is 8.35. The highest BCUT2D eigenvalue weighted by Crippen LogP contribution is 2.33. The van der Waals surface area contributed by atoms with Gasteiger partial charge in [0, 0.05) is 44.4 Å². The van der Waals surface area contributed by atoms with Gasteiger partial charge >= 0.3 is 6.18 Å². The number of nitro benzene ring substituents is 1. The van der Waals surface area contributed by atoms with Gasteiger partial charge in [-0.05, 0) is 26.8 Å². The number of ether oxygens (including phenoxy) is 1. The number of rotatable bonds is 4. The Morgan fingerprint density at radius 3 is 2.26 bits per heavy atom. The van der Waals surface area contributed by atoms with Gasteiger partial charge in [-0.3, -0.25) is 19.8 Å². The molecule has 0 amide bonds. The number of nitrogens with zero attached hydrogens (tertiary/aromatic N) is 2. The Kier molecular flexibility index (Phi) is 8.17. The summed E-state index contributed by atoms with van der Waals surface area (Å²) in [5, 5.41) is 14.1. The summed E-state index contributed by atoms with van der Waals surface area (Å²) in [5.41, 5.74) is -1.47. The molecule has 27 heavy (non-hydrogen) atoms. The van der Waals surface area contributed by atoms with Crippen LogP contribution in [0.2, 0.25) is 0 Å². The third-order valence-electron chi connectivity index (χ3n) is 3.61. The van der Waals surface area contributed by atoms with Gasteiger partial charge in [-0.2, -0.15) is 13.2 Å². The van der Waals surface area contributed by atoms with Crippen molar-refractivity contribution in [2.24, 2.45) is 0 Å². The molecule has 10 heteroatoms. The lowest BCUT2D eigenvalue weighted by atomic mass is 10.1. The van der Waals surface area contributed by atoms with Gasteiger partial charge in [0.2, 0.25) is 0 Å². The van der Waals surface area contributed by atoms with Crippen molar-refractivity contribution in [1.82, 2.24) is 10.2 Å². The van der Waals surface area contributed by atoms with Gasteiger partial charge in [-0.25, -0.2) is 0 Å². The molecule has 1 N–H and O–H groups in total. The first kappa shape index (κ1) is 22.8. The fourth-order valence-corrected chi connectivity index (χ4v) is 2.30. The Hall–Kier alpha value is -2.20. The van der Waals surface area contributed by atoms with Crippen LogP contribution < -0.4 is 5.32 Å². The Bertz CT molecular complexity index is 639. The van der Waals surface area contributed by atoms with Gasteiger partial charge in [-0.1, -0.05) is 6.07 Å². The van der Waals surface area contributed by atoms with Crippen molar-refractivity contribution >= 4 is 12.2 Å². The van der Waals surface area contributed by atoms with Crippen LogP contribution in [0.5, 0.6) is 0 Å². The molecule has 1 aromatic rings. The predicted octanol–water partition coefficient (Wildman–Crippen LogP) is 2.98. The molecule has 152 valence electrons. The zero-order valence-corrected chi connectivity index (χ0v) is 15.5. The fourth-order valence-electron chi connectivity index (χ4n) is 2.30. The Balaban J connectivity index is 0.000000445. The van der Waals surface area contributed by atoms with E-state index >= 15 is 0 Å². The first-order chi connectivity index (χ1) is 12.4. The lowest BCUT2D eigenvalue weighted by Crippen LogP contribution is -2.42. The van der Waals surface area contributed by atoms with Crippen molar-refractivity contribution in [2.75, 3.05) is 26.2 Å². The number of carbonyl (C=O) groups is 1. The quantitative estimate of drug-likeness (QED) is 0.483. The van der Waals surface area contributed by atoms with Crippen molar-refractivity contribution in [1.29, 1.82) is 0 Å². The minimum atomic E-state index is -4.57. The molecule has 2 rings (SSSR count). The third-order valence-corrected chi connectivity index (χ3v) is 3.61. The minimum Gasteiger partial charge on any atom is -0.462 e. The standard InChI is InChI=1S/C12H14F3N3O2.C5H10O2/c13-12(14,15)10-2-1-9(11(7-10)18(19)20)8-17-5-3-16-4-6-17;1-5(2,3)7-4-6/h1-2,7,16H,3-6,8H2;4H,1-3H3. The molecule has 0 saturated carbocycles. The second-order valence-electron chi connectivity index (χ2n) is 6.95. The lowest BCUT2D eigenvalue weighted by molar-refractivity contribution is -0.386. The maximum absolute atomic E-state index is 12.6. The van der Waals surface area contributed by atoms with E-state index < -0.39 is 22.4 Å². The van der Waals surface area contributed by atoms with E-state index in [1.807, 2.05) is 25.7 Å². The van der Waals surface area contributed by atoms with Crippen LogP contribution in [0, 0.1) is 10.1 Å². The van der Waals surface area contributed by atoms with Crippen LogP contribution in [0.1, 0.15) is 31.9 Å². The summed E-state index contributed by atoms with van der Waals surface area (Å²) in [6.45, 7) is 9.19. The molecule has 0 aliphatic carbocycles. The summed E-state index contributed by atoms with van der Waals surface area (Å²) < 4.78 is 42.3. The van der Waals surface area contributed by atoms with E-state index in [0.29, 0.717) is 18.1 Å². The van der Waals surface area contributed by atoms with Crippen LogP contribution in [-0.2, 0) is 22.3 Å². The van der Waals surface area contributed by atoms with Crippen LogP contribution in [0.3, 0.4) is 0 Å². The van der Waals surface area contributed by atoms with Gasteiger partial charge in [-0.15, -0.1) is 0 Å². The predicted molar refractivity (Wildman–Crippen MR) is 93.1 cm³/mol. The van der Waals surface area contributed by atoms with E-state index in [-0.39, 0.29) is 12.1 Å². The highest BCUT2D eigenvalue weighted by molar-refractivity contribution is 5.44. The van der Waals surface area contributed by atoms with Crippen molar-refractivity contribution in [2.45, 2.75) is 39.1 Å². The number of hydrogen-bond donors (Lipinski definition) is 1. The summed E-state index contributed by atoms with van der Waals surface area (Å²) >= 11 is 0. The van der Waals surface area contributed by atoms with Gasteiger partial charge in [0.25, 0.3) is 12.2 Å². The van der Waals surface area contributed by atoms with Gasteiger partial charge in [0.05, 0.1) is 10.5 Å². The highest BCUT2D eigenvalue weighted by atomic mass is 19.4. The van der Waals surface area contributed by atoms with Crippen LogP contribution in [0.25, 0.3) is 0 Å². The van der Waals surface area contributed by atoms with Gasteiger partial charge in [0.1, 0.15) is 5.60 Å². The topological polar surface area (TPSA) is 84.7 Å². The highest BCUT2D eigenvalue weighted by Gasteiger charge is 2.33. The minimum absolute atomic E-state index is 0.288. The second-order valence-corrected chi connectivity index (χ2v) is 6.95. The maximum atomic E-state index is 12.6. The average Bonchev–Trinajstić information content (AvgIpc) is 2.54. The number of nitrogens with one attached hydrogen (secondary N) is 1. The smallest absolute Gasteiger partial charge is 0.416 e. The monoisotopic (exact) mass is 391 g/mol. The van der Waals surface area contributed by atoms with Crippen molar-refractivity contribution in [3.63, 3.8) is 0 Å². The van der Waals surface area contributed by atoms with Crippen molar-refractivity contribution in [3.05, 3.63) is 39.4 Å². The summed E-state index contributed by atoms with van der Waals surface area (Å²) in [6.07, 6.45) is -4.57. The van der Waals surface area contributed by atoms with E-state index in [4.69, 9.17) is 0 Å². The Labute approximate surface area is 155 Å². The Morgan fingerprint density at radius 1 is 1.26 bits per heavy atom. The number of nitro groups is 1. The maximum Gasteiger partial charge on any atom is 0.416 e. The number of piperazine rings is 1. The molecule has 1 heterocycles. The molecule has 7 nitrogen and oxygen atoms in total. The molecule has 1 fully saturated rings. The summed E-state index contributed by atoms with van der Waals surface area (Å²) in [7, 11) is 0. The molecule has 1 aliphatic heterocycles. The largest absolute Gasteiger partial charge is 0.462 e. The van der Waals surface area contributed by atoms with Crippen LogP contribution in [0.15, 0.2) is 18.2 Å². The molecule has 1 aromatic carbocycles. The number of hydrogen-bond acceptors (Lipinski definition) is 6. The summed E-state index contributed by atoms with van der Waals surface area (Å²) in [4.78, 5) is 21.8. The molecule has 0 bridgehead atoms. The van der Waals surface area contributed by atoms with E-state index in [1.54, 1.807) is 0 Å². The summed E-state index contributed by atoms with van der Waals surface area (Å²) in [5.74, 6) is 0. The van der Waals surface area contributed by atoms with E-state index in [9.17, 15) is 28.1 Å². The molecule has 1 aliphatic rings. The van der Waals surface area contributed by atoms with E-state index in [1.165, 1.54) is 6.07 Å². The Morgan fingerprint density at radius 2 is 1.85 bits per heavy atom. The van der Waals surface area contributed by atoms with Crippen molar-refractivity contribution in [3.8, 4) is 0 Å². The summed E-state index contributed by atoms with van der Waals surface area (Å²) in [6, 6.07) is 2.70. The number of carbonyl (C=O) groups excluding carboxylic acids is 1. The number of benzene rings is 1. The molecular formula is C17H24F3N3O4. The molecule has 0 atom stereocenters. The molecule has 0 aromatic heterocycles. The first-order valence-electron chi connectivity index (χ1n) is 8.33. The van der Waals surface area contributed by atoms with E-state index in [0.717, 1.165) is 32.2 Å². The van der Waals surface area contributed by atoms with Gasteiger partial charge in [0.15, 0.2) is 0 Å². The molecule has 0 spiro atoms. The average molecular weight is 391 g/mol. The zero-order valence-electron chi connectivity index (χ0n) is 15.5. The van der Waals surface area contributed by atoms with E-state index in [2.05, 4.69) is 10.1 Å². The van der Waals surface area contributed by atoms with Crippen LogP contribution in [0.4, 0.5) is 18.9 Å². The van der Waals surface area contributed by atoms with Crippen molar-refractivity contribution < 1.29 is 27.6 Å². The first-order valence-corrected chi connectivity index (χ1v) is 8.33. The molecular weight excluding hydrogens is 367 g/mol. The molecule has 0 radical (unpaired) electrons. The zero-order chi connectivity index (χ0) is 20.7. The second kappa shape index (κ2) is 9.65. The molecule has 1 saturated heterocycles. The van der Waals surface area contributed by atoms with Gasteiger partial charge < -0.3 is 10.1 Å². The lowest BCUT2D eigenvalue weighted by Gasteiger charge is -2.27.